The van der Waals surface area contributed by atoms with E-state index in [0.717, 1.165) is 27.8 Å². The normalized spacial score (nSPS) is 13.9. The first-order valence-electron chi connectivity index (χ1n) is 9.50. The quantitative estimate of drug-likeness (QED) is 0.435. The van der Waals surface area contributed by atoms with Crippen LogP contribution in [0.3, 0.4) is 0 Å². The monoisotopic (exact) mass is 384 g/mol. The molecule has 5 nitrogen and oxygen atoms in total. The van der Waals surface area contributed by atoms with Gasteiger partial charge in [-0.1, -0.05) is 66.7 Å². The molecule has 4 rings (SSSR count). The Labute approximate surface area is 169 Å². The Balaban J connectivity index is 1.71. The third kappa shape index (κ3) is 4.09. The number of rotatable bonds is 5. The number of nitrogens with zero attached hydrogens (tertiary/aromatic N) is 2. The molecule has 1 aliphatic rings. The van der Waals surface area contributed by atoms with Crippen molar-refractivity contribution in [3.8, 4) is 11.1 Å². The number of nitro groups is 1. The van der Waals surface area contributed by atoms with Crippen LogP contribution in [0.25, 0.3) is 16.7 Å². The van der Waals surface area contributed by atoms with Crippen LogP contribution in [0.15, 0.2) is 85.1 Å². The van der Waals surface area contributed by atoms with E-state index in [4.69, 9.17) is 0 Å². The van der Waals surface area contributed by atoms with Crippen LogP contribution in [0.5, 0.6) is 0 Å². The van der Waals surface area contributed by atoms with Gasteiger partial charge in [0.05, 0.1) is 11.5 Å². The number of non-ortho nitro benzene ring substituents is 1. The maximum absolute atomic E-state index is 12.5. The van der Waals surface area contributed by atoms with E-state index in [1.807, 2.05) is 66.9 Å². The molecule has 29 heavy (non-hydrogen) atoms. The van der Waals surface area contributed by atoms with Crippen LogP contribution in [-0.4, -0.2) is 15.7 Å². The molecule has 0 saturated heterocycles. The molecule has 1 aliphatic heterocycles. The predicted octanol–water partition coefficient (Wildman–Crippen LogP) is 5.43. The second-order valence-electron chi connectivity index (χ2n) is 7.01. The van der Waals surface area contributed by atoms with Crippen molar-refractivity contribution >= 4 is 17.2 Å². The molecule has 0 atom stereocenters. The molecule has 0 unspecified atom stereocenters. The van der Waals surface area contributed by atoms with E-state index in [0.29, 0.717) is 19.4 Å². The van der Waals surface area contributed by atoms with Gasteiger partial charge in [0.1, 0.15) is 0 Å². The number of carbonyl (C=O) groups is 1. The molecule has 0 N–H and O–H groups in total. The molecule has 5 heteroatoms. The molecule has 1 heterocycles. The third-order valence-corrected chi connectivity index (χ3v) is 5.08. The van der Waals surface area contributed by atoms with Gasteiger partial charge in [0, 0.05) is 24.8 Å². The molecule has 0 spiro atoms. The fourth-order valence-corrected chi connectivity index (χ4v) is 3.63. The SMILES string of the molecule is O=C1CCC(c2ccccc2-c2cccc([N+](=O)[O-])c2)=CN1Cc1ccccc1. The highest BCUT2D eigenvalue weighted by molar-refractivity contribution is 5.88. The van der Waals surface area contributed by atoms with E-state index in [1.54, 1.807) is 17.0 Å². The fraction of sp³-hybridized carbons (Fsp3) is 0.125. The second-order valence-corrected chi connectivity index (χ2v) is 7.01. The summed E-state index contributed by atoms with van der Waals surface area (Å²) in [4.78, 5) is 25.0. The van der Waals surface area contributed by atoms with E-state index in [-0.39, 0.29) is 16.5 Å². The average molecular weight is 384 g/mol. The molecule has 3 aromatic carbocycles. The van der Waals surface area contributed by atoms with Gasteiger partial charge in [-0.15, -0.1) is 0 Å². The summed E-state index contributed by atoms with van der Waals surface area (Å²) in [5, 5.41) is 11.2. The Bertz CT molecular complexity index is 1090. The van der Waals surface area contributed by atoms with Crippen molar-refractivity contribution in [2.75, 3.05) is 0 Å². The highest BCUT2D eigenvalue weighted by atomic mass is 16.6. The van der Waals surface area contributed by atoms with Gasteiger partial charge < -0.3 is 4.90 Å². The topological polar surface area (TPSA) is 63.4 Å². The van der Waals surface area contributed by atoms with Gasteiger partial charge in [0.2, 0.25) is 5.91 Å². The standard InChI is InChI=1S/C24H20N2O3/c27-24-14-13-20(17-25(24)16-18-7-2-1-3-8-18)23-12-5-4-11-22(23)19-9-6-10-21(15-19)26(28)29/h1-12,15,17H,13-14,16H2. The minimum atomic E-state index is -0.383. The number of allylic oxidation sites excluding steroid dienone is 1. The van der Waals surface area contributed by atoms with Crippen LogP contribution in [0, 0.1) is 10.1 Å². The third-order valence-electron chi connectivity index (χ3n) is 5.08. The van der Waals surface area contributed by atoms with Crippen molar-refractivity contribution in [1.82, 2.24) is 4.90 Å². The first kappa shape index (κ1) is 18.6. The Morgan fingerprint density at radius 3 is 2.34 bits per heavy atom. The van der Waals surface area contributed by atoms with Crippen molar-refractivity contribution < 1.29 is 9.72 Å². The molecular weight excluding hydrogens is 364 g/mol. The lowest BCUT2D eigenvalue weighted by Crippen LogP contribution is -2.28. The molecule has 0 saturated carbocycles. The zero-order valence-corrected chi connectivity index (χ0v) is 15.8. The van der Waals surface area contributed by atoms with Crippen molar-refractivity contribution in [3.63, 3.8) is 0 Å². The maximum atomic E-state index is 12.5. The number of hydrogen-bond donors (Lipinski definition) is 0. The first-order valence-corrected chi connectivity index (χ1v) is 9.50. The summed E-state index contributed by atoms with van der Waals surface area (Å²) in [5.74, 6) is 0.102. The summed E-state index contributed by atoms with van der Waals surface area (Å²) < 4.78 is 0. The maximum Gasteiger partial charge on any atom is 0.270 e. The number of hydrogen-bond acceptors (Lipinski definition) is 3. The molecule has 0 bridgehead atoms. The lowest BCUT2D eigenvalue weighted by atomic mass is 9.91. The first-order chi connectivity index (χ1) is 14.1. The van der Waals surface area contributed by atoms with Crippen LogP contribution in [0.1, 0.15) is 24.0 Å². The Kier molecular flexibility index (Phi) is 5.20. The zero-order valence-electron chi connectivity index (χ0n) is 15.8. The highest BCUT2D eigenvalue weighted by Gasteiger charge is 2.21. The fourth-order valence-electron chi connectivity index (χ4n) is 3.63. The second kappa shape index (κ2) is 8.10. The molecule has 0 aromatic heterocycles. The molecule has 0 fully saturated rings. The lowest BCUT2D eigenvalue weighted by Gasteiger charge is -2.26. The Morgan fingerprint density at radius 1 is 0.862 bits per heavy atom. The van der Waals surface area contributed by atoms with E-state index in [9.17, 15) is 14.9 Å². The number of amides is 1. The van der Waals surface area contributed by atoms with Gasteiger partial charge in [0.15, 0.2) is 0 Å². The molecular formula is C24H20N2O3. The summed E-state index contributed by atoms with van der Waals surface area (Å²) in [6, 6.07) is 24.4. The summed E-state index contributed by atoms with van der Waals surface area (Å²) in [6.07, 6.45) is 3.02. The Morgan fingerprint density at radius 2 is 1.59 bits per heavy atom. The smallest absolute Gasteiger partial charge is 0.270 e. The minimum absolute atomic E-state index is 0.0656. The summed E-state index contributed by atoms with van der Waals surface area (Å²) >= 11 is 0. The van der Waals surface area contributed by atoms with Gasteiger partial charge in [-0.05, 0) is 34.2 Å². The number of carbonyl (C=O) groups excluding carboxylic acids is 1. The molecule has 0 aliphatic carbocycles. The molecule has 144 valence electrons. The van der Waals surface area contributed by atoms with Crippen LogP contribution >= 0.6 is 0 Å². The van der Waals surface area contributed by atoms with Crippen LogP contribution in [-0.2, 0) is 11.3 Å². The average Bonchev–Trinajstić information content (AvgIpc) is 2.76. The van der Waals surface area contributed by atoms with E-state index in [1.165, 1.54) is 6.07 Å². The van der Waals surface area contributed by atoms with Gasteiger partial charge in [-0.3, -0.25) is 14.9 Å². The van der Waals surface area contributed by atoms with Crippen molar-refractivity contribution in [1.29, 1.82) is 0 Å². The van der Waals surface area contributed by atoms with Crippen molar-refractivity contribution in [3.05, 3.63) is 106 Å². The van der Waals surface area contributed by atoms with Gasteiger partial charge in [0.25, 0.3) is 5.69 Å². The van der Waals surface area contributed by atoms with E-state index >= 15 is 0 Å². The summed E-state index contributed by atoms with van der Waals surface area (Å²) in [5.41, 5.74) is 4.92. The molecule has 3 aromatic rings. The van der Waals surface area contributed by atoms with Crippen molar-refractivity contribution in [2.45, 2.75) is 19.4 Å². The van der Waals surface area contributed by atoms with Crippen LogP contribution < -0.4 is 0 Å². The zero-order chi connectivity index (χ0) is 20.2. The summed E-state index contributed by atoms with van der Waals surface area (Å²) in [6.45, 7) is 0.530. The van der Waals surface area contributed by atoms with Gasteiger partial charge in [-0.2, -0.15) is 0 Å². The van der Waals surface area contributed by atoms with E-state index < -0.39 is 0 Å². The lowest BCUT2D eigenvalue weighted by molar-refractivity contribution is -0.384. The van der Waals surface area contributed by atoms with E-state index in [2.05, 4.69) is 0 Å². The van der Waals surface area contributed by atoms with Gasteiger partial charge >= 0.3 is 0 Å². The number of nitro benzene ring substituents is 1. The van der Waals surface area contributed by atoms with Gasteiger partial charge in [-0.25, -0.2) is 0 Å². The largest absolute Gasteiger partial charge is 0.314 e. The molecule has 0 radical (unpaired) electrons. The Hall–Kier alpha value is -3.73. The highest BCUT2D eigenvalue weighted by Crippen LogP contribution is 2.35. The summed E-state index contributed by atoms with van der Waals surface area (Å²) in [7, 11) is 0. The van der Waals surface area contributed by atoms with Crippen molar-refractivity contribution in [2.24, 2.45) is 0 Å². The number of benzene rings is 3. The molecule has 1 amide bonds. The van der Waals surface area contributed by atoms with Crippen LogP contribution in [0.4, 0.5) is 5.69 Å². The minimum Gasteiger partial charge on any atom is -0.314 e. The predicted molar refractivity (Wildman–Crippen MR) is 113 cm³/mol. The van der Waals surface area contributed by atoms with Crippen LogP contribution in [0.2, 0.25) is 0 Å².